The van der Waals surface area contributed by atoms with Crippen molar-refractivity contribution in [3.63, 3.8) is 0 Å². The fraction of sp³-hybridized carbons (Fsp3) is 0. The number of nitrogens with zero attached hydrogens (tertiary/aromatic N) is 3. The molecule has 0 saturated heterocycles. The number of benzene rings is 2. The molecule has 0 aliphatic rings. The second kappa shape index (κ2) is 9.43. The predicted molar refractivity (Wildman–Crippen MR) is 126 cm³/mol. The summed E-state index contributed by atoms with van der Waals surface area (Å²) >= 11 is 6.97. The van der Waals surface area contributed by atoms with Crippen LogP contribution in [0.1, 0.15) is 5.56 Å². The van der Waals surface area contributed by atoms with Gasteiger partial charge in [0, 0.05) is 23.1 Å². The van der Waals surface area contributed by atoms with Gasteiger partial charge in [0.15, 0.2) is 5.57 Å². The van der Waals surface area contributed by atoms with Crippen LogP contribution >= 0.6 is 22.9 Å². The Labute approximate surface area is 192 Å². The number of para-hydroxylation sites is 1. The number of pyridine rings is 1. The zero-order valence-corrected chi connectivity index (χ0v) is 18.1. The fourth-order valence-corrected chi connectivity index (χ4v) is 4.22. The summed E-state index contributed by atoms with van der Waals surface area (Å²) in [6.45, 7) is 0. The first-order valence-corrected chi connectivity index (χ1v) is 10.7. The van der Waals surface area contributed by atoms with Gasteiger partial charge in [0.1, 0.15) is 10.7 Å². The molecule has 6 nitrogen and oxygen atoms in total. The Bertz CT molecular complexity index is 1490. The van der Waals surface area contributed by atoms with Gasteiger partial charge in [-0.25, -0.2) is 0 Å². The van der Waals surface area contributed by atoms with E-state index in [2.05, 4.69) is 10.3 Å². The van der Waals surface area contributed by atoms with Crippen LogP contribution in [0.3, 0.4) is 0 Å². The van der Waals surface area contributed by atoms with E-state index in [1.165, 1.54) is 4.57 Å². The molecule has 2 heterocycles. The van der Waals surface area contributed by atoms with E-state index in [4.69, 9.17) is 11.6 Å². The topological polar surface area (TPSA) is 87.8 Å². The van der Waals surface area contributed by atoms with E-state index >= 15 is 0 Å². The third kappa shape index (κ3) is 4.52. The van der Waals surface area contributed by atoms with Crippen LogP contribution in [-0.4, -0.2) is 15.5 Å². The van der Waals surface area contributed by atoms with Crippen molar-refractivity contribution in [2.75, 3.05) is 5.32 Å². The Morgan fingerprint density at radius 2 is 1.84 bits per heavy atom. The summed E-state index contributed by atoms with van der Waals surface area (Å²) in [5.41, 5.74) is 1.28. The maximum absolute atomic E-state index is 13.3. The lowest BCUT2D eigenvalue weighted by molar-refractivity contribution is -0.111. The number of hydrogen-bond donors (Lipinski definition) is 1. The maximum atomic E-state index is 13.3. The summed E-state index contributed by atoms with van der Waals surface area (Å²) < 4.78 is 2.00. The van der Waals surface area contributed by atoms with Crippen LogP contribution in [0, 0.1) is 11.3 Å². The third-order valence-electron chi connectivity index (χ3n) is 4.47. The first kappa shape index (κ1) is 21.2. The van der Waals surface area contributed by atoms with Crippen LogP contribution in [0.4, 0.5) is 5.69 Å². The monoisotopic (exact) mass is 458 g/mol. The smallest absolute Gasteiger partial charge is 0.273 e. The number of nitrogens with one attached hydrogen (secondary N) is 1. The summed E-state index contributed by atoms with van der Waals surface area (Å²) in [5, 5.41) is 13.1. The molecule has 0 fully saturated rings. The molecule has 0 spiro atoms. The highest BCUT2D eigenvalue weighted by molar-refractivity contribution is 7.07. The van der Waals surface area contributed by atoms with Gasteiger partial charge in [-0.3, -0.25) is 19.1 Å². The van der Waals surface area contributed by atoms with Gasteiger partial charge in [-0.2, -0.15) is 5.26 Å². The van der Waals surface area contributed by atoms with Crippen molar-refractivity contribution in [2.45, 2.75) is 0 Å². The molecule has 0 aliphatic heterocycles. The number of anilines is 1. The molecule has 0 bridgehead atoms. The number of thiazole rings is 1. The van der Waals surface area contributed by atoms with Gasteiger partial charge in [0.2, 0.25) is 0 Å². The number of amides is 1. The van der Waals surface area contributed by atoms with Crippen molar-refractivity contribution in [2.24, 2.45) is 0 Å². The van der Waals surface area contributed by atoms with Crippen LogP contribution in [0.15, 0.2) is 83.9 Å². The lowest BCUT2D eigenvalue weighted by Gasteiger charge is -2.06. The van der Waals surface area contributed by atoms with Crippen LogP contribution in [0.5, 0.6) is 0 Å². The van der Waals surface area contributed by atoms with Gasteiger partial charge >= 0.3 is 0 Å². The first-order chi connectivity index (χ1) is 15.6. The van der Waals surface area contributed by atoms with Gasteiger partial charge in [0.05, 0.1) is 10.2 Å². The summed E-state index contributed by atoms with van der Waals surface area (Å²) in [5.74, 6) is -0.617. The van der Waals surface area contributed by atoms with Crippen LogP contribution in [0.25, 0.3) is 17.3 Å². The highest BCUT2D eigenvalue weighted by Crippen LogP contribution is 2.14. The Morgan fingerprint density at radius 3 is 2.50 bits per heavy atom. The molecule has 0 saturated carbocycles. The summed E-state index contributed by atoms with van der Waals surface area (Å²) in [6.07, 6.45) is 4.96. The van der Waals surface area contributed by atoms with E-state index in [0.717, 1.165) is 16.9 Å². The van der Waals surface area contributed by atoms with E-state index in [9.17, 15) is 14.9 Å². The molecule has 4 aromatic rings. The average molecular weight is 459 g/mol. The molecule has 0 atom stereocenters. The summed E-state index contributed by atoms with van der Waals surface area (Å²) in [6, 6.07) is 21.0. The number of aromatic nitrogens is 2. The standard InChI is InChI=1S/C24H15ClN4O2S/c25-17-8-10-18(11-9-17)28-22(30)20(14-26)24-29(19-6-2-1-3-7-19)23(31)21(32-24)13-16-5-4-12-27-15-16/h1-13,15H,(H,28,30). The molecular formula is C24H15ClN4O2S. The summed E-state index contributed by atoms with van der Waals surface area (Å²) in [4.78, 5) is 30.3. The molecule has 32 heavy (non-hydrogen) atoms. The molecule has 8 heteroatoms. The fourth-order valence-electron chi connectivity index (χ4n) is 3.00. The van der Waals surface area contributed by atoms with E-state index < -0.39 is 5.91 Å². The van der Waals surface area contributed by atoms with Gasteiger partial charge in [-0.15, -0.1) is 11.3 Å². The molecule has 4 rings (SSSR count). The number of carbonyl (C=O) groups excluding carboxylic acids is 1. The van der Waals surface area contributed by atoms with E-state index in [1.807, 2.05) is 18.2 Å². The molecule has 0 aliphatic carbocycles. The third-order valence-corrected chi connectivity index (χ3v) is 5.82. The number of halogens is 1. The predicted octanol–water partition coefficient (Wildman–Crippen LogP) is 3.09. The largest absolute Gasteiger partial charge is 0.321 e. The Kier molecular flexibility index (Phi) is 6.26. The lowest BCUT2D eigenvalue weighted by atomic mass is 10.2. The molecule has 156 valence electrons. The Hall–Kier alpha value is -3.99. The first-order valence-electron chi connectivity index (χ1n) is 9.47. The van der Waals surface area contributed by atoms with Crippen molar-refractivity contribution in [1.29, 1.82) is 5.26 Å². The minimum absolute atomic E-state index is 0.170. The van der Waals surface area contributed by atoms with E-state index in [1.54, 1.807) is 73.1 Å². The highest BCUT2D eigenvalue weighted by atomic mass is 35.5. The van der Waals surface area contributed by atoms with Gasteiger partial charge in [-0.1, -0.05) is 35.9 Å². The van der Waals surface area contributed by atoms with Crippen LogP contribution < -0.4 is 20.1 Å². The Morgan fingerprint density at radius 1 is 1.09 bits per heavy atom. The van der Waals surface area contributed by atoms with Crippen molar-refractivity contribution >= 4 is 46.2 Å². The molecule has 0 unspecified atom stereocenters. The van der Waals surface area contributed by atoms with E-state index in [-0.39, 0.29) is 15.8 Å². The average Bonchev–Trinajstić information content (AvgIpc) is 3.12. The molecular weight excluding hydrogens is 444 g/mol. The maximum Gasteiger partial charge on any atom is 0.273 e. The van der Waals surface area contributed by atoms with Crippen molar-refractivity contribution in [3.8, 4) is 11.8 Å². The normalized spacial score (nSPS) is 12.2. The number of carbonyl (C=O) groups is 1. The quantitative estimate of drug-likeness (QED) is 0.509. The van der Waals surface area contributed by atoms with Gasteiger partial charge in [0.25, 0.3) is 11.5 Å². The molecule has 2 aromatic heterocycles. The number of hydrogen-bond acceptors (Lipinski definition) is 5. The number of nitriles is 1. The van der Waals surface area contributed by atoms with Crippen molar-refractivity contribution in [3.05, 3.63) is 109 Å². The van der Waals surface area contributed by atoms with Crippen LogP contribution in [0.2, 0.25) is 5.02 Å². The van der Waals surface area contributed by atoms with Crippen LogP contribution in [-0.2, 0) is 4.79 Å². The second-order valence-corrected chi connectivity index (χ2v) is 8.09. The minimum Gasteiger partial charge on any atom is -0.321 e. The molecule has 1 N–H and O–H groups in total. The van der Waals surface area contributed by atoms with Crippen molar-refractivity contribution < 1.29 is 4.79 Å². The lowest BCUT2D eigenvalue weighted by Crippen LogP contribution is -2.32. The molecule has 0 radical (unpaired) electrons. The Balaban J connectivity index is 1.94. The van der Waals surface area contributed by atoms with E-state index in [0.29, 0.717) is 20.9 Å². The zero-order chi connectivity index (χ0) is 22.5. The molecule has 1 amide bonds. The molecule has 2 aromatic carbocycles. The number of rotatable bonds is 4. The van der Waals surface area contributed by atoms with Gasteiger partial charge in [-0.05, 0) is 54.1 Å². The summed E-state index contributed by atoms with van der Waals surface area (Å²) in [7, 11) is 0. The highest BCUT2D eigenvalue weighted by Gasteiger charge is 2.17. The van der Waals surface area contributed by atoms with Crippen molar-refractivity contribution in [1.82, 2.24) is 9.55 Å². The zero-order valence-electron chi connectivity index (χ0n) is 16.5. The SMILES string of the molecule is N#CC(C(=O)Nc1ccc(Cl)cc1)=c1sc(=Cc2cccnc2)c(=O)n1-c1ccccc1. The second-order valence-electron chi connectivity index (χ2n) is 6.63. The van der Waals surface area contributed by atoms with Gasteiger partial charge < -0.3 is 5.32 Å². The minimum atomic E-state index is -0.617.